The molecule has 0 radical (unpaired) electrons. The van der Waals surface area contributed by atoms with Gasteiger partial charge in [0.25, 0.3) is 0 Å². The number of nitrogens with zero attached hydrogens (tertiary/aromatic N) is 1. The molecule has 168 valence electrons. The van der Waals surface area contributed by atoms with Crippen LogP contribution in [0, 0.1) is 0 Å². The molecule has 0 aromatic heterocycles. The van der Waals surface area contributed by atoms with E-state index in [1.165, 1.54) is 28.6 Å². The number of benzene rings is 2. The van der Waals surface area contributed by atoms with Crippen LogP contribution in [0.1, 0.15) is 23.1 Å². The third kappa shape index (κ3) is 6.28. The van der Waals surface area contributed by atoms with Gasteiger partial charge in [0.15, 0.2) is 0 Å². The summed E-state index contributed by atoms with van der Waals surface area (Å²) in [5.74, 6) is -0.495. The highest BCUT2D eigenvalue weighted by Crippen LogP contribution is 2.29. The smallest absolute Gasteiger partial charge is 0.416 e. The zero-order valence-electron chi connectivity index (χ0n) is 16.6. The average Bonchev–Trinajstić information content (AvgIpc) is 2.77. The van der Waals surface area contributed by atoms with E-state index in [0.717, 1.165) is 17.7 Å². The van der Waals surface area contributed by atoms with Crippen LogP contribution in [0.4, 0.5) is 13.2 Å². The van der Waals surface area contributed by atoms with Gasteiger partial charge in [-0.15, -0.1) is 0 Å². The van der Waals surface area contributed by atoms with Gasteiger partial charge in [0.2, 0.25) is 10.0 Å². The molecular weight excluding hydrogens is 435 g/mol. The van der Waals surface area contributed by atoms with Crippen molar-refractivity contribution in [3.8, 4) is 0 Å². The molecule has 10 heteroatoms. The van der Waals surface area contributed by atoms with Crippen LogP contribution in [-0.2, 0) is 43.5 Å². The van der Waals surface area contributed by atoms with Crippen LogP contribution < -0.4 is 0 Å². The number of aryl methyl sites for hydroxylation is 1. The maximum atomic E-state index is 12.6. The Bertz CT molecular complexity index is 983. The molecule has 3 rings (SSSR count). The zero-order chi connectivity index (χ0) is 22.5. The number of ether oxygens (including phenoxy) is 2. The Morgan fingerprint density at radius 3 is 2.13 bits per heavy atom. The molecule has 0 N–H and O–H groups in total. The fourth-order valence-corrected chi connectivity index (χ4v) is 4.44. The monoisotopic (exact) mass is 457 g/mol. The van der Waals surface area contributed by atoms with Crippen LogP contribution in [0.5, 0.6) is 0 Å². The van der Waals surface area contributed by atoms with E-state index in [1.54, 1.807) is 12.1 Å². The molecule has 0 atom stereocenters. The lowest BCUT2D eigenvalue weighted by molar-refractivity contribution is -0.145. The van der Waals surface area contributed by atoms with Crippen molar-refractivity contribution in [3.63, 3.8) is 0 Å². The van der Waals surface area contributed by atoms with Crippen LogP contribution in [0.3, 0.4) is 0 Å². The number of morpholine rings is 1. The highest BCUT2D eigenvalue weighted by atomic mass is 32.2. The average molecular weight is 457 g/mol. The van der Waals surface area contributed by atoms with Crippen molar-refractivity contribution in [2.45, 2.75) is 30.5 Å². The van der Waals surface area contributed by atoms with Gasteiger partial charge in [-0.25, -0.2) is 8.42 Å². The van der Waals surface area contributed by atoms with E-state index >= 15 is 0 Å². The van der Waals surface area contributed by atoms with E-state index in [1.807, 2.05) is 0 Å². The molecular formula is C21H22F3NO5S. The van der Waals surface area contributed by atoms with E-state index in [2.05, 4.69) is 0 Å². The summed E-state index contributed by atoms with van der Waals surface area (Å²) in [5, 5.41) is 0. The van der Waals surface area contributed by atoms with E-state index < -0.39 is 27.7 Å². The van der Waals surface area contributed by atoms with Gasteiger partial charge in [-0.1, -0.05) is 24.3 Å². The molecule has 1 heterocycles. The highest BCUT2D eigenvalue weighted by Gasteiger charge is 2.30. The second-order valence-corrected chi connectivity index (χ2v) is 8.95. The van der Waals surface area contributed by atoms with Gasteiger partial charge in [0, 0.05) is 19.5 Å². The van der Waals surface area contributed by atoms with Crippen molar-refractivity contribution in [1.29, 1.82) is 0 Å². The zero-order valence-corrected chi connectivity index (χ0v) is 17.4. The normalized spacial score (nSPS) is 15.6. The first-order chi connectivity index (χ1) is 14.7. The number of esters is 1. The molecule has 2 aromatic rings. The third-order valence-electron chi connectivity index (χ3n) is 4.83. The van der Waals surface area contributed by atoms with Crippen LogP contribution in [0.2, 0.25) is 0 Å². The molecule has 2 aromatic carbocycles. The van der Waals surface area contributed by atoms with Gasteiger partial charge in [0.05, 0.1) is 23.7 Å². The summed E-state index contributed by atoms with van der Waals surface area (Å²) in [7, 11) is -3.57. The summed E-state index contributed by atoms with van der Waals surface area (Å²) < 4.78 is 74.5. The van der Waals surface area contributed by atoms with Crippen LogP contribution in [0.25, 0.3) is 0 Å². The summed E-state index contributed by atoms with van der Waals surface area (Å²) in [4.78, 5) is 12.1. The molecule has 31 heavy (non-hydrogen) atoms. The van der Waals surface area contributed by atoms with Crippen molar-refractivity contribution in [1.82, 2.24) is 4.31 Å². The second-order valence-electron chi connectivity index (χ2n) is 7.02. The summed E-state index contributed by atoms with van der Waals surface area (Å²) in [6, 6.07) is 10.7. The molecule has 0 saturated carbocycles. The Morgan fingerprint density at radius 2 is 1.55 bits per heavy atom. The summed E-state index contributed by atoms with van der Waals surface area (Å²) in [6.45, 7) is 1.25. The molecule has 0 unspecified atom stereocenters. The molecule has 1 saturated heterocycles. The second kappa shape index (κ2) is 9.80. The fourth-order valence-electron chi connectivity index (χ4n) is 3.04. The molecule has 1 aliphatic heterocycles. The predicted octanol–water partition coefficient (Wildman–Crippen LogP) is 3.40. The minimum atomic E-state index is -4.41. The highest BCUT2D eigenvalue weighted by molar-refractivity contribution is 7.89. The first kappa shape index (κ1) is 23.2. The summed E-state index contributed by atoms with van der Waals surface area (Å²) in [5.41, 5.74) is 0.466. The minimum absolute atomic E-state index is 0.0657. The van der Waals surface area contributed by atoms with Crippen LogP contribution >= 0.6 is 0 Å². The minimum Gasteiger partial charge on any atom is -0.461 e. The first-order valence-electron chi connectivity index (χ1n) is 9.65. The predicted molar refractivity (Wildman–Crippen MR) is 106 cm³/mol. The van der Waals surface area contributed by atoms with E-state index in [4.69, 9.17) is 9.47 Å². The maximum Gasteiger partial charge on any atom is 0.416 e. The largest absolute Gasteiger partial charge is 0.461 e. The maximum absolute atomic E-state index is 12.6. The quantitative estimate of drug-likeness (QED) is 0.596. The van der Waals surface area contributed by atoms with E-state index in [-0.39, 0.29) is 17.9 Å². The number of hydrogen-bond donors (Lipinski definition) is 0. The first-order valence-corrected chi connectivity index (χ1v) is 11.1. The van der Waals surface area contributed by atoms with Crippen molar-refractivity contribution < 1.29 is 35.9 Å². The number of rotatable bonds is 7. The molecule has 0 aliphatic carbocycles. The fraction of sp³-hybridized carbons (Fsp3) is 0.381. The molecule has 0 bridgehead atoms. The van der Waals surface area contributed by atoms with Gasteiger partial charge in [0.1, 0.15) is 6.61 Å². The van der Waals surface area contributed by atoms with Crippen LogP contribution in [-0.4, -0.2) is 45.0 Å². The van der Waals surface area contributed by atoms with E-state index in [0.29, 0.717) is 38.3 Å². The van der Waals surface area contributed by atoms with Crippen molar-refractivity contribution in [2.24, 2.45) is 0 Å². The number of alkyl halides is 3. The molecule has 0 spiro atoms. The Morgan fingerprint density at radius 1 is 0.968 bits per heavy atom. The number of carbonyl (C=O) groups is 1. The Kier molecular flexibility index (Phi) is 7.34. The number of carbonyl (C=O) groups excluding carboxylic acids is 1. The van der Waals surface area contributed by atoms with Crippen molar-refractivity contribution in [2.75, 3.05) is 26.3 Å². The van der Waals surface area contributed by atoms with Gasteiger partial charge in [-0.2, -0.15) is 17.5 Å². The topological polar surface area (TPSA) is 72.9 Å². The Labute approximate surface area is 178 Å². The standard InChI is InChI=1S/C21H22F3NO5S/c22-21(23,24)18-6-1-17(2-7-18)15-30-20(26)10-5-16-3-8-19(9-4-16)31(27,28)25-11-13-29-14-12-25/h1-4,6-9H,5,10-15H2. The van der Waals surface area contributed by atoms with E-state index in [9.17, 15) is 26.4 Å². The Hall–Kier alpha value is -2.43. The lowest BCUT2D eigenvalue weighted by atomic mass is 10.1. The molecule has 6 nitrogen and oxygen atoms in total. The van der Waals surface area contributed by atoms with Gasteiger partial charge in [-0.05, 0) is 41.8 Å². The van der Waals surface area contributed by atoms with Crippen LogP contribution in [0.15, 0.2) is 53.4 Å². The summed E-state index contributed by atoms with van der Waals surface area (Å²) in [6.07, 6.45) is -3.99. The third-order valence-corrected chi connectivity index (χ3v) is 6.74. The Balaban J connectivity index is 1.48. The van der Waals surface area contributed by atoms with Gasteiger partial charge >= 0.3 is 12.1 Å². The molecule has 1 aliphatic rings. The lowest BCUT2D eigenvalue weighted by Gasteiger charge is -2.26. The van der Waals surface area contributed by atoms with Gasteiger partial charge < -0.3 is 9.47 Å². The SMILES string of the molecule is O=C(CCc1ccc(S(=O)(=O)N2CCOCC2)cc1)OCc1ccc(C(F)(F)F)cc1. The number of sulfonamides is 1. The number of hydrogen-bond acceptors (Lipinski definition) is 5. The lowest BCUT2D eigenvalue weighted by Crippen LogP contribution is -2.40. The van der Waals surface area contributed by atoms with Gasteiger partial charge in [-0.3, -0.25) is 4.79 Å². The molecule has 1 fully saturated rings. The van der Waals surface area contributed by atoms with Crippen molar-refractivity contribution >= 4 is 16.0 Å². The summed E-state index contributed by atoms with van der Waals surface area (Å²) >= 11 is 0. The number of halogens is 3. The molecule has 0 amide bonds. The van der Waals surface area contributed by atoms with Crippen molar-refractivity contribution in [3.05, 3.63) is 65.2 Å².